The molecular weight excluding hydrogens is 396 g/mol. The van der Waals surface area contributed by atoms with Crippen molar-refractivity contribution < 1.29 is 19.0 Å². The summed E-state index contributed by atoms with van der Waals surface area (Å²) in [5.41, 5.74) is 3.96. The number of carbonyl (C=O) groups is 1. The van der Waals surface area contributed by atoms with E-state index in [2.05, 4.69) is 10.6 Å². The van der Waals surface area contributed by atoms with Gasteiger partial charge in [0.2, 0.25) is 17.1 Å². The van der Waals surface area contributed by atoms with Crippen LogP contribution in [0.2, 0.25) is 0 Å². The first-order valence-electron chi connectivity index (χ1n) is 10.5. The van der Waals surface area contributed by atoms with Crippen LogP contribution in [-0.2, 0) is 11.2 Å². The van der Waals surface area contributed by atoms with Crippen LogP contribution in [0.5, 0.6) is 17.2 Å². The van der Waals surface area contributed by atoms with E-state index in [-0.39, 0.29) is 17.4 Å². The summed E-state index contributed by atoms with van der Waals surface area (Å²) in [6.45, 7) is 1.49. The lowest BCUT2D eigenvalue weighted by atomic mass is 9.95. The molecule has 0 saturated heterocycles. The van der Waals surface area contributed by atoms with Gasteiger partial charge in [-0.25, -0.2) is 0 Å². The van der Waals surface area contributed by atoms with Gasteiger partial charge in [-0.15, -0.1) is 0 Å². The van der Waals surface area contributed by atoms with E-state index in [1.165, 1.54) is 6.92 Å². The number of aryl methyl sites for hydroxylation is 1. The minimum absolute atomic E-state index is 0.0913. The quantitative estimate of drug-likeness (QED) is 0.739. The standard InChI is InChI=1S/C24H28N2O5/c1-13(27)25-18-9-5-14-11-21(29-2)23(30-3)24(31-4)22(14)16-8-10-19(26-15-6-7-15)20(28)12-17(16)18/h8,10-12,15,18H,5-7,9H2,1-4H3,(H,25,27)(H,26,28)/t18-/m1/s1. The van der Waals surface area contributed by atoms with Crippen molar-refractivity contribution in [3.8, 4) is 28.4 Å². The fourth-order valence-corrected chi connectivity index (χ4v) is 4.27. The normalized spacial score (nSPS) is 17.0. The van der Waals surface area contributed by atoms with Crippen LogP contribution >= 0.6 is 0 Å². The zero-order valence-electron chi connectivity index (χ0n) is 18.3. The maximum absolute atomic E-state index is 13.0. The number of hydrogen-bond acceptors (Lipinski definition) is 6. The molecule has 1 fully saturated rings. The Morgan fingerprint density at radius 2 is 1.74 bits per heavy atom. The van der Waals surface area contributed by atoms with Crippen LogP contribution in [0.15, 0.2) is 29.1 Å². The van der Waals surface area contributed by atoms with E-state index in [9.17, 15) is 9.59 Å². The summed E-state index contributed by atoms with van der Waals surface area (Å²) >= 11 is 0. The number of hydrogen-bond donors (Lipinski definition) is 2. The maximum Gasteiger partial charge on any atom is 0.217 e. The Kier molecular flexibility index (Phi) is 5.76. The number of methoxy groups -OCH3 is 3. The van der Waals surface area contributed by atoms with Gasteiger partial charge in [-0.2, -0.15) is 0 Å². The van der Waals surface area contributed by atoms with Crippen LogP contribution in [-0.4, -0.2) is 33.3 Å². The lowest BCUT2D eigenvalue weighted by Crippen LogP contribution is -2.26. The van der Waals surface area contributed by atoms with Gasteiger partial charge >= 0.3 is 0 Å². The second kappa shape index (κ2) is 8.49. The van der Waals surface area contributed by atoms with E-state index < -0.39 is 0 Å². The third-order valence-electron chi connectivity index (χ3n) is 5.85. The van der Waals surface area contributed by atoms with E-state index in [0.717, 1.165) is 35.1 Å². The molecule has 1 atom stereocenters. The molecule has 2 aliphatic rings. The summed E-state index contributed by atoms with van der Waals surface area (Å²) in [5, 5.41) is 6.34. The lowest BCUT2D eigenvalue weighted by molar-refractivity contribution is -0.119. The van der Waals surface area contributed by atoms with Crippen LogP contribution in [0.1, 0.15) is 43.4 Å². The molecule has 1 amide bonds. The topological polar surface area (TPSA) is 85.9 Å². The molecule has 2 aromatic rings. The second-order valence-corrected chi connectivity index (χ2v) is 8.01. The van der Waals surface area contributed by atoms with E-state index in [4.69, 9.17) is 14.2 Å². The zero-order chi connectivity index (χ0) is 22.1. The highest BCUT2D eigenvalue weighted by Crippen LogP contribution is 2.50. The van der Waals surface area contributed by atoms with E-state index in [0.29, 0.717) is 41.8 Å². The van der Waals surface area contributed by atoms with Gasteiger partial charge in [-0.05, 0) is 60.6 Å². The second-order valence-electron chi connectivity index (χ2n) is 8.01. The van der Waals surface area contributed by atoms with Gasteiger partial charge in [-0.3, -0.25) is 9.59 Å². The number of carbonyl (C=O) groups excluding carboxylic acids is 1. The predicted molar refractivity (Wildman–Crippen MR) is 119 cm³/mol. The molecule has 0 unspecified atom stereocenters. The molecule has 0 heterocycles. The molecule has 0 spiro atoms. The van der Waals surface area contributed by atoms with Crippen LogP contribution in [0.3, 0.4) is 0 Å². The van der Waals surface area contributed by atoms with Crippen molar-refractivity contribution in [3.05, 3.63) is 45.6 Å². The molecule has 31 heavy (non-hydrogen) atoms. The lowest BCUT2D eigenvalue weighted by Gasteiger charge is -2.19. The first-order valence-corrected chi connectivity index (χ1v) is 10.5. The number of fused-ring (bicyclic) bond motifs is 3. The highest BCUT2D eigenvalue weighted by atomic mass is 16.5. The summed E-state index contributed by atoms with van der Waals surface area (Å²) in [6, 6.07) is 7.42. The zero-order valence-corrected chi connectivity index (χ0v) is 18.3. The molecule has 2 N–H and O–H groups in total. The van der Waals surface area contributed by atoms with E-state index in [1.807, 2.05) is 18.2 Å². The minimum atomic E-state index is -0.296. The van der Waals surface area contributed by atoms with Crippen molar-refractivity contribution in [2.45, 2.75) is 44.7 Å². The van der Waals surface area contributed by atoms with Crippen LogP contribution < -0.4 is 30.3 Å². The SMILES string of the molecule is COc1cc2c(c(OC)c1OC)-c1ccc(NC3CC3)c(=O)cc1[C@H](NC(C)=O)CC2. The summed E-state index contributed by atoms with van der Waals surface area (Å²) in [4.78, 5) is 25.0. The number of anilines is 1. The number of nitrogens with one attached hydrogen (secondary N) is 2. The number of ether oxygens (including phenoxy) is 3. The summed E-state index contributed by atoms with van der Waals surface area (Å²) in [6.07, 6.45) is 3.46. The van der Waals surface area contributed by atoms with Crippen LogP contribution in [0.4, 0.5) is 5.69 Å². The van der Waals surface area contributed by atoms with Gasteiger partial charge in [0.15, 0.2) is 11.5 Å². The Balaban J connectivity index is 2.00. The average molecular weight is 424 g/mol. The molecule has 0 radical (unpaired) electrons. The number of benzene rings is 1. The first-order chi connectivity index (χ1) is 15.0. The third kappa shape index (κ3) is 4.04. The third-order valence-corrected chi connectivity index (χ3v) is 5.85. The summed E-state index contributed by atoms with van der Waals surface area (Å²) < 4.78 is 16.9. The van der Waals surface area contributed by atoms with Gasteiger partial charge in [0, 0.05) is 18.5 Å². The molecular formula is C24H28N2O5. The van der Waals surface area contributed by atoms with Crippen molar-refractivity contribution in [2.24, 2.45) is 0 Å². The number of rotatable bonds is 6. The Morgan fingerprint density at radius 1 is 1.00 bits per heavy atom. The van der Waals surface area contributed by atoms with Gasteiger partial charge < -0.3 is 24.8 Å². The Morgan fingerprint density at radius 3 is 2.35 bits per heavy atom. The van der Waals surface area contributed by atoms with Gasteiger partial charge in [0.05, 0.1) is 33.1 Å². The highest BCUT2D eigenvalue weighted by Gasteiger charge is 2.30. The Hall–Kier alpha value is -3.22. The van der Waals surface area contributed by atoms with E-state index in [1.54, 1.807) is 27.4 Å². The molecule has 7 heteroatoms. The van der Waals surface area contributed by atoms with Crippen molar-refractivity contribution in [3.63, 3.8) is 0 Å². The van der Waals surface area contributed by atoms with E-state index >= 15 is 0 Å². The molecule has 0 aromatic heterocycles. The van der Waals surface area contributed by atoms with Crippen molar-refractivity contribution >= 4 is 11.6 Å². The maximum atomic E-state index is 13.0. The van der Waals surface area contributed by atoms with Gasteiger partial charge in [0.1, 0.15) is 0 Å². The summed E-state index contributed by atoms with van der Waals surface area (Å²) in [7, 11) is 4.76. The first kappa shape index (κ1) is 21.0. The molecule has 1 saturated carbocycles. The van der Waals surface area contributed by atoms with Crippen LogP contribution in [0.25, 0.3) is 11.1 Å². The van der Waals surface area contributed by atoms with Crippen molar-refractivity contribution in [1.29, 1.82) is 0 Å². The molecule has 7 nitrogen and oxygen atoms in total. The molecule has 0 bridgehead atoms. The summed E-state index contributed by atoms with van der Waals surface area (Å²) in [5.74, 6) is 1.49. The van der Waals surface area contributed by atoms with Gasteiger partial charge in [-0.1, -0.05) is 6.07 Å². The predicted octanol–water partition coefficient (Wildman–Crippen LogP) is 3.44. The average Bonchev–Trinajstić information content (AvgIpc) is 3.59. The molecule has 2 aliphatic carbocycles. The molecule has 0 aliphatic heterocycles. The fourth-order valence-electron chi connectivity index (χ4n) is 4.27. The monoisotopic (exact) mass is 424 g/mol. The highest BCUT2D eigenvalue weighted by molar-refractivity contribution is 5.83. The van der Waals surface area contributed by atoms with Crippen molar-refractivity contribution in [1.82, 2.24) is 5.32 Å². The fraction of sp³-hybridized carbons (Fsp3) is 0.417. The van der Waals surface area contributed by atoms with Crippen molar-refractivity contribution in [2.75, 3.05) is 26.6 Å². The number of amides is 1. The molecule has 2 aromatic carbocycles. The van der Waals surface area contributed by atoms with Gasteiger partial charge in [0.25, 0.3) is 0 Å². The smallest absolute Gasteiger partial charge is 0.217 e. The molecule has 4 rings (SSSR count). The Bertz CT molecular complexity index is 1080. The largest absolute Gasteiger partial charge is 0.493 e. The Labute approximate surface area is 181 Å². The van der Waals surface area contributed by atoms with Crippen LogP contribution in [0, 0.1) is 0 Å². The molecule has 164 valence electrons. The minimum Gasteiger partial charge on any atom is -0.493 e.